The number of fused-ring (bicyclic) bond motifs is 1. The van der Waals surface area contributed by atoms with Gasteiger partial charge in [0.2, 0.25) is 10.0 Å². The van der Waals surface area contributed by atoms with Gasteiger partial charge in [0.1, 0.15) is 10.6 Å². The predicted octanol–water partition coefficient (Wildman–Crippen LogP) is 2.94. The molecule has 1 aromatic heterocycles. The van der Waals surface area contributed by atoms with E-state index >= 15 is 0 Å². The number of hydrogen-bond acceptors (Lipinski definition) is 3. The molecular formula is C20H25N3O3S. The van der Waals surface area contributed by atoms with Gasteiger partial charge in [0.15, 0.2) is 0 Å². The third-order valence-electron chi connectivity index (χ3n) is 5.52. The number of amides is 1. The van der Waals surface area contributed by atoms with E-state index in [1.165, 1.54) is 27.7 Å². The van der Waals surface area contributed by atoms with Gasteiger partial charge in [-0.15, -0.1) is 0 Å². The first-order chi connectivity index (χ1) is 12.9. The Morgan fingerprint density at radius 2 is 1.74 bits per heavy atom. The molecule has 27 heavy (non-hydrogen) atoms. The van der Waals surface area contributed by atoms with Crippen LogP contribution >= 0.6 is 0 Å². The highest BCUT2D eigenvalue weighted by molar-refractivity contribution is 7.89. The molecule has 0 atom stereocenters. The van der Waals surface area contributed by atoms with E-state index in [2.05, 4.69) is 11.4 Å². The molecule has 2 aliphatic rings. The molecule has 1 aliphatic heterocycles. The van der Waals surface area contributed by atoms with Crippen molar-refractivity contribution in [2.75, 3.05) is 18.4 Å². The third kappa shape index (κ3) is 3.53. The highest BCUT2D eigenvalue weighted by Gasteiger charge is 2.28. The molecular weight excluding hydrogens is 362 g/mol. The van der Waals surface area contributed by atoms with Crippen molar-refractivity contribution in [1.82, 2.24) is 8.87 Å². The van der Waals surface area contributed by atoms with Crippen molar-refractivity contribution in [3.8, 4) is 0 Å². The maximum Gasteiger partial charge on any atom is 0.272 e. The summed E-state index contributed by atoms with van der Waals surface area (Å²) in [5.41, 5.74) is 3.73. The van der Waals surface area contributed by atoms with Crippen molar-refractivity contribution < 1.29 is 13.2 Å². The molecule has 1 amide bonds. The van der Waals surface area contributed by atoms with Crippen molar-refractivity contribution in [3.63, 3.8) is 0 Å². The number of aryl methyl sites for hydroxylation is 3. The van der Waals surface area contributed by atoms with Crippen LogP contribution in [0, 0.1) is 0 Å². The van der Waals surface area contributed by atoms with E-state index in [0.717, 1.165) is 44.2 Å². The number of piperidine rings is 1. The molecule has 1 aromatic carbocycles. The minimum Gasteiger partial charge on any atom is -0.345 e. The van der Waals surface area contributed by atoms with Gasteiger partial charge in [-0.1, -0.05) is 12.5 Å². The van der Waals surface area contributed by atoms with Gasteiger partial charge >= 0.3 is 0 Å². The van der Waals surface area contributed by atoms with Gasteiger partial charge in [0, 0.05) is 32.0 Å². The maximum atomic E-state index is 12.8. The van der Waals surface area contributed by atoms with Crippen LogP contribution in [0.15, 0.2) is 35.4 Å². The van der Waals surface area contributed by atoms with Crippen LogP contribution in [-0.2, 0) is 29.9 Å². The van der Waals surface area contributed by atoms with Crippen LogP contribution in [0.5, 0.6) is 0 Å². The Balaban J connectivity index is 1.55. The van der Waals surface area contributed by atoms with Crippen molar-refractivity contribution in [3.05, 3.63) is 47.3 Å². The molecule has 6 nitrogen and oxygen atoms in total. The second kappa shape index (κ2) is 7.13. The fourth-order valence-electron chi connectivity index (χ4n) is 4.00. The average Bonchev–Trinajstić information content (AvgIpc) is 3.28. The summed E-state index contributed by atoms with van der Waals surface area (Å²) in [6, 6.07) is 7.48. The topological polar surface area (TPSA) is 71.4 Å². The maximum absolute atomic E-state index is 12.8. The van der Waals surface area contributed by atoms with Crippen LogP contribution in [-0.4, -0.2) is 36.3 Å². The third-order valence-corrected chi connectivity index (χ3v) is 7.39. The Morgan fingerprint density at radius 1 is 1.00 bits per heavy atom. The number of nitrogens with zero attached hydrogens (tertiary/aromatic N) is 2. The lowest BCUT2D eigenvalue weighted by Crippen LogP contribution is -2.35. The molecule has 2 aromatic rings. The molecule has 4 rings (SSSR count). The Morgan fingerprint density at radius 3 is 2.52 bits per heavy atom. The van der Waals surface area contributed by atoms with E-state index in [1.54, 1.807) is 11.6 Å². The number of carbonyl (C=O) groups is 1. The quantitative estimate of drug-likeness (QED) is 0.877. The van der Waals surface area contributed by atoms with Crippen LogP contribution in [0.3, 0.4) is 0 Å². The van der Waals surface area contributed by atoms with Crippen LogP contribution in [0.25, 0.3) is 0 Å². The summed E-state index contributed by atoms with van der Waals surface area (Å²) < 4.78 is 28.8. The number of sulfonamides is 1. The summed E-state index contributed by atoms with van der Waals surface area (Å²) in [6.07, 6.45) is 7.66. The zero-order chi connectivity index (χ0) is 19.0. The Hall–Kier alpha value is -2.12. The molecule has 1 fully saturated rings. The minimum atomic E-state index is -3.55. The van der Waals surface area contributed by atoms with Gasteiger partial charge < -0.3 is 9.88 Å². The second-order valence-corrected chi connectivity index (χ2v) is 9.37. The number of hydrogen-bond donors (Lipinski definition) is 1. The van der Waals surface area contributed by atoms with E-state index in [0.29, 0.717) is 18.8 Å². The molecule has 0 saturated carbocycles. The SMILES string of the molecule is Cn1cc(S(=O)(=O)N2CCCCC2)cc1C(=O)Nc1ccc2c(c1)CCC2. The largest absolute Gasteiger partial charge is 0.345 e. The fourth-order valence-corrected chi connectivity index (χ4v) is 5.59. The summed E-state index contributed by atoms with van der Waals surface area (Å²) >= 11 is 0. The average molecular weight is 388 g/mol. The Bertz CT molecular complexity index is 972. The molecule has 1 N–H and O–H groups in total. The highest BCUT2D eigenvalue weighted by Crippen LogP contribution is 2.26. The monoisotopic (exact) mass is 387 g/mol. The molecule has 144 valence electrons. The number of nitrogens with one attached hydrogen (secondary N) is 1. The lowest BCUT2D eigenvalue weighted by atomic mass is 10.1. The highest BCUT2D eigenvalue weighted by atomic mass is 32.2. The number of aromatic nitrogens is 1. The fraction of sp³-hybridized carbons (Fsp3) is 0.450. The molecule has 1 saturated heterocycles. The Kier molecular flexibility index (Phi) is 4.82. The van der Waals surface area contributed by atoms with Gasteiger partial charge in [0.25, 0.3) is 5.91 Å². The van der Waals surface area contributed by atoms with Crippen molar-refractivity contribution in [2.45, 2.75) is 43.4 Å². The van der Waals surface area contributed by atoms with Crippen LogP contribution in [0.1, 0.15) is 47.3 Å². The summed E-state index contributed by atoms with van der Waals surface area (Å²) in [6.45, 7) is 1.10. The van der Waals surface area contributed by atoms with Crippen LogP contribution < -0.4 is 5.32 Å². The number of rotatable bonds is 4. The van der Waals surface area contributed by atoms with Gasteiger partial charge in [-0.2, -0.15) is 4.31 Å². The normalized spacial score (nSPS) is 17.7. The van der Waals surface area contributed by atoms with Gasteiger partial charge in [-0.3, -0.25) is 4.79 Å². The molecule has 7 heteroatoms. The lowest BCUT2D eigenvalue weighted by Gasteiger charge is -2.25. The molecule has 0 unspecified atom stereocenters. The van der Waals surface area contributed by atoms with Gasteiger partial charge in [-0.05, 0) is 61.4 Å². The summed E-state index contributed by atoms with van der Waals surface area (Å²) in [5, 5.41) is 2.90. The second-order valence-electron chi connectivity index (χ2n) is 7.43. The van der Waals surface area contributed by atoms with Gasteiger partial charge in [0.05, 0.1) is 0 Å². The van der Waals surface area contributed by atoms with Crippen molar-refractivity contribution >= 4 is 21.6 Å². The molecule has 0 spiro atoms. The van der Waals surface area contributed by atoms with E-state index in [4.69, 9.17) is 0 Å². The summed E-state index contributed by atoms with van der Waals surface area (Å²) in [7, 11) is -1.84. The molecule has 1 aliphatic carbocycles. The molecule has 0 radical (unpaired) electrons. The molecule has 2 heterocycles. The van der Waals surface area contributed by atoms with E-state index < -0.39 is 10.0 Å². The first-order valence-electron chi connectivity index (χ1n) is 9.55. The first-order valence-corrected chi connectivity index (χ1v) is 11.0. The number of benzene rings is 1. The number of anilines is 1. The first kappa shape index (κ1) is 18.3. The molecule has 0 bridgehead atoms. The smallest absolute Gasteiger partial charge is 0.272 e. The van der Waals surface area contributed by atoms with Crippen LogP contribution in [0.4, 0.5) is 5.69 Å². The predicted molar refractivity (Wildman–Crippen MR) is 104 cm³/mol. The zero-order valence-corrected chi connectivity index (χ0v) is 16.4. The Labute approximate surface area is 160 Å². The van der Waals surface area contributed by atoms with Crippen molar-refractivity contribution in [1.29, 1.82) is 0 Å². The number of carbonyl (C=O) groups excluding carboxylic acids is 1. The van der Waals surface area contributed by atoms with Crippen molar-refractivity contribution in [2.24, 2.45) is 7.05 Å². The summed E-state index contributed by atoms with van der Waals surface area (Å²) in [4.78, 5) is 12.9. The standard InChI is InChI=1S/C20H25N3O3S/c1-22-14-18(27(25,26)23-10-3-2-4-11-23)13-19(22)20(24)21-17-9-8-15-6-5-7-16(15)12-17/h8-9,12-14H,2-7,10-11H2,1H3,(H,21,24). The zero-order valence-electron chi connectivity index (χ0n) is 15.6. The summed E-state index contributed by atoms with van der Waals surface area (Å²) in [5.74, 6) is -0.296. The van der Waals surface area contributed by atoms with E-state index in [-0.39, 0.29) is 10.8 Å². The van der Waals surface area contributed by atoms with E-state index in [9.17, 15) is 13.2 Å². The van der Waals surface area contributed by atoms with Gasteiger partial charge in [-0.25, -0.2) is 8.42 Å². The van der Waals surface area contributed by atoms with Crippen LogP contribution in [0.2, 0.25) is 0 Å². The minimum absolute atomic E-state index is 0.186. The lowest BCUT2D eigenvalue weighted by molar-refractivity contribution is 0.101. The van der Waals surface area contributed by atoms with E-state index in [1.807, 2.05) is 12.1 Å².